The number of carbonyl (C=O) groups is 1. The summed E-state index contributed by atoms with van der Waals surface area (Å²) in [6.07, 6.45) is 1.98. The van der Waals surface area contributed by atoms with Crippen LogP contribution in [0.4, 0.5) is 0 Å². The third-order valence-electron chi connectivity index (χ3n) is 3.71. The first kappa shape index (κ1) is 16.4. The number of piperidine rings is 1. The first-order chi connectivity index (χ1) is 9.94. The van der Waals surface area contributed by atoms with Crippen LogP contribution < -0.4 is 4.72 Å². The van der Waals surface area contributed by atoms with E-state index in [0.29, 0.717) is 19.4 Å². The Labute approximate surface area is 129 Å². The highest BCUT2D eigenvalue weighted by molar-refractivity contribution is 7.87. The summed E-state index contributed by atoms with van der Waals surface area (Å²) in [6.45, 7) is 2.72. The van der Waals surface area contributed by atoms with Crippen molar-refractivity contribution in [2.45, 2.75) is 32.7 Å². The Balaban J connectivity index is 1.99. The Bertz CT molecular complexity index is 597. The summed E-state index contributed by atoms with van der Waals surface area (Å²) in [5, 5.41) is 11.0. The minimum atomic E-state index is -3.62. The van der Waals surface area contributed by atoms with Gasteiger partial charge in [0.15, 0.2) is 0 Å². The molecule has 1 unspecified atom stereocenters. The molecule has 0 bridgehead atoms. The number of nitrogens with zero attached hydrogens (tertiary/aromatic N) is 1. The van der Waals surface area contributed by atoms with Crippen LogP contribution in [0.3, 0.4) is 0 Å². The van der Waals surface area contributed by atoms with Crippen molar-refractivity contribution in [1.82, 2.24) is 9.03 Å². The molecule has 1 saturated heterocycles. The fourth-order valence-electron chi connectivity index (χ4n) is 2.45. The lowest BCUT2D eigenvalue weighted by atomic mass is 10.0. The fraction of sp³-hybridized carbons (Fsp3) is 0.615. The third kappa shape index (κ3) is 4.03. The molecule has 1 aliphatic heterocycles. The second-order valence-corrected chi connectivity index (χ2v) is 7.84. The van der Waals surface area contributed by atoms with Crippen molar-refractivity contribution in [3.63, 3.8) is 0 Å². The molecule has 0 saturated carbocycles. The predicted octanol–water partition coefficient (Wildman–Crippen LogP) is 1.44. The zero-order chi connectivity index (χ0) is 15.5. The lowest BCUT2D eigenvalue weighted by Gasteiger charge is -2.29. The van der Waals surface area contributed by atoms with E-state index in [1.165, 1.54) is 15.6 Å². The second-order valence-electron chi connectivity index (χ2n) is 5.08. The highest BCUT2D eigenvalue weighted by Gasteiger charge is 2.32. The number of thiophene rings is 1. The van der Waals surface area contributed by atoms with Crippen LogP contribution in [0.25, 0.3) is 0 Å². The molecule has 0 amide bonds. The van der Waals surface area contributed by atoms with Crippen LogP contribution in [0.5, 0.6) is 0 Å². The molecule has 1 aromatic rings. The summed E-state index contributed by atoms with van der Waals surface area (Å²) < 4.78 is 28.4. The second kappa shape index (κ2) is 6.87. The SMILES string of the molecule is CCc1ccsc1CNS(=O)(=O)N1CCCC(C(=O)O)C1. The molecule has 0 radical (unpaired) electrons. The fourth-order valence-corrected chi connectivity index (χ4v) is 4.71. The van der Waals surface area contributed by atoms with E-state index >= 15 is 0 Å². The number of hydrogen-bond donors (Lipinski definition) is 2. The van der Waals surface area contributed by atoms with E-state index in [1.807, 2.05) is 18.4 Å². The van der Waals surface area contributed by atoms with Gasteiger partial charge in [0.05, 0.1) is 5.92 Å². The minimum absolute atomic E-state index is 0.0513. The molecule has 1 fully saturated rings. The average molecular weight is 332 g/mol. The van der Waals surface area contributed by atoms with Gasteiger partial charge < -0.3 is 5.11 Å². The molecule has 2 rings (SSSR count). The van der Waals surface area contributed by atoms with Crippen LogP contribution in [0.2, 0.25) is 0 Å². The number of aliphatic carboxylic acids is 1. The molecule has 0 aromatic carbocycles. The van der Waals surface area contributed by atoms with Gasteiger partial charge in [0.25, 0.3) is 10.2 Å². The topological polar surface area (TPSA) is 86.7 Å². The van der Waals surface area contributed by atoms with E-state index in [9.17, 15) is 13.2 Å². The van der Waals surface area contributed by atoms with Gasteiger partial charge in [-0.1, -0.05) is 6.92 Å². The predicted molar refractivity (Wildman–Crippen MR) is 81.4 cm³/mol. The summed E-state index contributed by atoms with van der Waals surface area (Å²) in [5.74, 6) is -1.54. The number of rotatable bonds is 6. The normalized spacial score (nSPS) is 20.5. The largest absolute Gasteiger partial charge is 0.481 e. The maximum atomic E-state index is 12.3. The molecule has 1 atom stereocenters. The van der Waals surface area contributed by atoms with Crippen molar-refractivity contribution in [2.75, 3.05) is 13.1 Å². The molecule has 1 aromatic heterocycles. The van der Waals surface area contributed by atoms with E-state index in [0.717, 1.165) is 16.9 Å². The van der Waals surface area contributed by atoms with Crippen LogP contribution in [0, 0.1) is 5.92 Å². The summed E-state index contributed by atoms with van der Waals surface area (Å²) in [7, 11) is -3.62. The maximum absolute atomic E-state index is 12.3. The lowest BCUT2D eigenvalue weighted by Crippen LogP contribution is -2.47. The number of carboxylic acids is 1. The minimum Gasteiger partial charge on any atom is -0.481 e. The third-order valence-corrected chi connectivity index (χ3v) is 6.19. The molecular weight excluding hydrogens is 312 g/mol. The average Bonchev–Trinajstić information content (AvgIpc) is 2.93. The van der Waals surface area contributed by atoms with Gasteiger partial charge in [-0.05, 0) is 36.3 Å². The van der Waals surface area contributed by atoms with Crippen molar-refractivity contribution in [1.29, 1.82) is 0 Å². The van der Waals surface area contributed by atoms with Crippen LogP contribution in [0.1, 0.15) is 30.2 Å². The number of carboxylic acid groups (broad SMARTS) is 1. The first-order valence-electron chi connectivity index (χ1n) is 6.96. The number of aryl methyl sites for hydroxylation is 1. The Hall–Kier alpha value is -0.960. The molecule has 8 heteroatoms. The smallest absolute Gasteiger partial charge is 0.307 e. The Morgan fingerprint density at radius 2 is 2.33 bits per heavy atom. The van der Waals surface area contributed by atoms with Gasteiger partial charge in [-0.25, -0.2) is 0 Å². The summed E-state index contributed by atoms with van der Waals surface area (Å²) in [6, 6.07) is 2.00. The van der Waals surface area contributed by atoms with Crippen molar-refractivity contribution < 1.29 is 18.3 Å². The molecule has 1 aliphatic rings. The van der Waals surface area contributed by atoms with E-state index in [1.54, 1.807) is 0 Å². The Kier molecular flexibility index (Phi) is 5.37. The first-order valence-corrected chi connectivity index (χ1v) is 9.28. The molecule has 6 nitrogen and oxygen atoms in total. The van der Waals surface area contributed by atoms with Gasteiger partial charge in [0, 0.05) is 24.5 Å². The van der Waals surface area contributed by atoms with Crippen LogP contribution in [-0.2, 0) is 28.0 Å². The van der Waals surface area contributed by atoms with Crippen molar-refractivity contribution in [2.24, 2.45) is 5.92 Å². The van der Waals surface area contributed by atoms with Gasteiger partial charge in [-0.2, -0.15) is 17.4 Å². The number of hydrogen-bond acceptors (Lipinski definition) is 4. The lowest BCUT2D eigenvalue weighted by molar-refractivity contribution is -0.142. The van der Waals surface area contributed by atoms with Crippen molar-refractivity contribution in [3.05, 3.63) is 21.9 Å². The van der Waals surface area contributed by atoms with Crippen molar-refractivity contribution in [3.8, 4) is 0 Å². The summed E-state index contributed by atoms with van der Waals surface area (Å²) >= 11 is 1.53. The van der Waals surface area contributed by atoms with E-state index in [4.69, 9.17) is 5.11 Å². The maximum Gasteiger partial charge on any atom is 0.307 e. The van der Waals surface area contributed by atoms with Gasteiger partial charge in [-0.15, -0.1) is 11.3 Å². The summed E-state index contributed by atoms with van der Waals surface area (Å²) in [5.41, 5.74) is 1.14. The molecule has 0 spiro atoms. The molecule has 2 N–H and O–H groups in total. The van der Waals surface area contributed by atoms with Crippen LogP contribution >= 0.6 is 11.3 Å². The van der Waals surface area contributed by atoms with Gasteiger partial charge >= 0.3 is 5.97 Å². The monoisotopic (exact) mass is 332 g/mol. The summed E-state index contributed by atoms with van der Waals surface area (Å²) in [4.78, 5) is 12.0. The Morgan fingerprint density at radius 1 is 1.57 bits per heavy atom. The van der Waals surface area contributed by atoms with Crippen molar-refractivity contribution >= 4 is 27.5 Å². The standard InChI is InChI=1S/C13H20N2O4S2/c1-2-10-5-7-20-12(10)8-14-21(18,19)15-6-3-4-11(9-15)13(16)17/h5,7,11,14H,2-4,6,8-9H2,1H3,(H,16,17). The van der Waals surface area contributed by atoms with Crippen LogP contribution in [0.15, 0.2) is 11.4 Å². The number of nitrogens with one attached hydrogen (secondary N) is 1. The van der Waals surface area contributed by atoms with E-state index in [2.05, 4.69) is 4.72 Å². The zero-order valence-corrected chi connectivity index (χ0v) is 13.5. The zero-order valence-electron chi connectivity index (χ0n) is 11.9. The highest BCUT2D eigenvalue weighted by atomic mass is 32.2. The van der Waals surface area contributed by atoms with E-state index in [-0.39, 0.29) is 13.1 Å². The molecule has 21 heavy (non-hydrogen) atoms. The molecular formula is C13H20N2O4S2. The van der Waals surface area contributed by atoms with E-state index < -0.39 is 22.1 Å². The highest BCUT2D eigenvalue weighted by Crippen LogP contribution is 2.20. The van der Waals surface area contributed by atoms with Gasteiger partial charge in [0.2, 0.25) is 0 Å². The molecule has 2 heterocycles. The van der Waals surface area contributed by atoms with Gasteiger partial charge in [-0.3, -0.25) is 4.79 Å². The quantitative estimate of drug-likeness (QED) is 0.825. The molecule has 0 aliphatic carbocycles. The Morgan fingerprint density at radius 3 is 3.00 bits per heavy atom. The molecule has 118 valence electrons. The van der Waals surface area contributed by atoms with Crippen LogP contribution in [-0.4, -0.2) is 36.9 Å². The van der Waals surface area contributed by atoms with Gasteiger partial charge in [0.1, 0.15) is 0 Å².